The van der Waals surface area contributed by atoms with Gasteiger partial charge in [-0.3, -0.25) is 9.59 Å². The monoisotopic (exact) mass is 369 g/mol. The van der Waals surface area contributed by atoms with Gasteiger partial charge in [-0.1, -0.05) is 12.1 Å². The number of furan rings is 1. The Morgan fingerprint density at radius 3 is 2.78 bits per heavy atom. The van der Waals surface area contributed by atoms with Gasteiger partial charge in [0, 0.05) is 6.54 Å². The molecular weight excluding hydrogens is 350 g/mol. The molecular formula is C20H19NO6. The smallest absolute Gasteiger partial charge is 0.290 e. The number of hydrogen-bond acceptors (Lipinski definition) is 6. The topological polar surface area (TPSA) is 100 Å². The first kappa shape index (κ1) is 18.3. The zero-order chi connectivity index (χ0) is 19.6. The average Bonchev–Trinajstić information content (AvgIpc) is 3.27. The van der Waals surface area contributed by atoms with E-state index in [2.05, 4.69) is 6.58 Å². The Labute approximate surface area is 155 Å². The molecule has 7 nitrogen and oxygen atoms in total. The summed E-state index contributed by atoms with van der Waals surface area (Å²) in [4.78, 5) is 26.7. The number of aliphatic hydroxyl groups is 1. The fourth-order valence-electron chi connectivity index (χ4n) is 3.07. The minimum absolute atomic E-state index is 0.0126. The quantitative estimate of drug-likeness (QED) is 0.574. The average molecular weight is 369 g/mol. The van der Waals surface area contributed by atoms with Crippen LogP contribution in [0.3, 0.4) is 0 Å². The number of amides is 1. The summed E-state index contributed by atoms with van der Waals surface area (Å²) in [7, 11) is 0. The Bertz CT molecular complexity index is 913. The van der Waals surface area contributed by atoms with Crippen molar-refractivity contribution in [3.63, 3.8) is 0 Å². The van der Waals surface area contributed by atoms with Gasteiger partial charge in [0.2, 0.25) is 5.78 Å². The van der Waals surface area contributed by atoms with Crippen molar-refractivity contribution < 1.29 is 29.0 Å². The third kappa shape index (κ3) is 3.19. The number of rotatable bonds is 7. The number of carbonyl (C=O) groups excluding carboxylic acids is 2. The van der Waals surface area contributed by atoms with Gasteiger partial charge in [0.15, 0.2) is 23.0 Å². The molecule has 0 spiro atoms. The fourth-order valence-corrected chi connectivity index (χ4v) is 3.07. The van der Waals surface area contributed by atoms with Crippen LogP contribution in [-0.2, 0) is 4.79 Å². The van der Waals surface area contributed by atoms with Crippen molar-refractivity contribution in [1.82, 2.24) is 4.90 Å². The molecule has 1 unspecified atom stereocenters. The molecule has 0 saturated heterocycles. The third-order valence-corrected chi connectivity index (χ3v) is 4.22. The number of aromatic hydroxyl groups is 1. The van der Waals surface area contributed by atoms with E-state index in [0.717, 1.165) is 0 Å². The fraction of sp³-hybridized carbons (Fsp3) is 0.200. The third-order valence-electron chi connectivity index (χ3n) is 4.22. The molecule has 1 amide bonds. The molecule has 1 atom stereocenters. The number of phenolic OH excluding ortho intramolecular Hbond substituents is 1. The van der Waals surface area contributed by atoms with Gasteiger partial charge in [0.25, 0.3) is 5.91 Å². The van der Waals surface area contributed by atoms with E-state index in [0.29, 0.717) is 12.2 Å². The molecule has 140 valence electrons. The normalized spacial score (nSPS) is 16.7. The lowest BCUT2D eigenvalue weighted by Gasteiger charge is -2.26. The van der Waals surface area contributed by atoms with Gasteiger partial charge in [-0.2, -0.15) is 0 Å². The van der Waals surface area contributed by atoms with Crippen molar-refractivity contribution >= 4 is 11.7 Å². The number of phenols is 1. The highest BCUT2D eigenvalue weighted by atomic mass is 16.5. The largest absolute Gasteiger partial charge is 0.504 e. The van der Waals surface area contributed by atoms with E-state index in [4.69, 9.17) is 9.15 Å². The summed E-state index contributed by atoms with van der Waals surface area (Å²) in [5.74, 6) is -1.73. The van der Waals surface area contributed by atoms with E-state index in [1.165, 1.54) is 29.4 Å². The van der Waals surface area contributed by atoms with Crippen LogP contribution >= 0.6 is 0 Å². The van der Waals surface area contributed by atoms with E-state index < -0.39 is 23.5 Å². The maximum atomic E-state index is 12.9. The molecule has 1 aromatic heterocycles. The Hall–Kier alpha value is -3.48. The Kier molecular flexibility index (Phi) is 5.03. The number of ether oxygens (including phenoxy) is 1. The number of benzene rings is 1. The lowest BCUT2D eigenvalue weighted by atomic mass is 9.94. The molecule has 27 heavy (non-hydrogen) atoms. The predicted octanol–water partition coefficient (Wildman–Crippen LogP) is 3.15. The zero-order valence-electron chi connectivity index (χ0n) is 14.7. The molecule has 0 aliphatic carbocycles. The standard InChI is InChI=1S/C20H19NO6/c1-3-9-21-17(12-7-8-13(22)15(11-12)26-4-2)16(19(24)20(21)25)18(23)14-6-5-10-27-14/h3,5-8,10-11,17,22,24H,1,4,9H2,2H3. The SMILES string of the molecule is C=CCN1C(=O)C(O)=C(C(=O)c2ccco2)C1c1ccc(O)c(OCC)c1. The van der Waals surface area contributed by atoms with Crippen molar-refractivity contribution in [2.24, 2.45) is 0 Å². The second-order valence-electron chi connectivity index (χ2n) is 5.88. The molecule has 0 bridgehead atoms. The van der Waals surface area contributed by atoms with Crippen molar-refractivity contribution in [3.05, 3.63) is 71.9 Å². The van der Waals surface area contributed by atoms with Gasteiger partial charge in [-0.15, -0.1) is 6.58 Å². The molecule has 0 fully saturated rings. The first-order chi connectivity index (χ1) is 13.0. The number of carbonyl (C=O) groups is 2. The first-order valence-corrected chi connectivity index (χ1v) is 8.38. The molecule has 1 aliphatic rings. The van der Waals surface area contributed by atoms with Crippen molar-refractivity contribution in [1.29, 1.82) is 0 Å². The molecule has 1 aliphatic heterocycles. The van der Waals surface area contributed by atoms with E-state index in [1.54, 1.807) is 25.1 Å². The number of Topliss-reactive ketones (excluding diaryl/α,β-unsaturated/α-hetero) is 1. The van der Waals surface area contributed by atoms with Crippen LogP contribution < -0.4 is 4.74 Å². The number of hydrogen-bond donors (Lipinski definition) is 2. The summed E-state index contributed by atoms with van der Waals surface area (Å²) in [6, 6.07) is 6.67. The summed E-state index contributed by atoms with van der Waals surface area (Å²) in [5, 5.41) is 20.3. The van der Waals surface area contributed by atoms with Crippen molar-refractivity contribution in [2.45, 2.75) is 13.0 Å². The van der Waals surface area contributed by atoms with Crippen molar-refractivity contribution in [3.8, 4) is 11.5 Å². The molecule has 0 saturated carbocycles. The Morgan fingerprint density at radius 2 is 2.15 bits per heavy atom. The molecule has 2 aromatic rings. The highest BCUT2D eigenvalue weighted by molar-refractivity contribution is 6.15. The van der Waals surface area contributed by atoms with Crippen molar-refractivity contribution in [2.75, 3.05) is 13.2 Å². The van der Waals surface area contributed by atoms with E-state index in [9.17, 15) is 19.8 Å². The maximum absolute atomic E-state index is 12.9. The van der Waals surface area contributed by atoms with Crippen LogP contribution in [-0.4, -0.2) is 40.0 Å². The van der Waals surface area contributed by atoms with Gasteiger partial charge in [0.1, 0.15) is 0 Å². The number of nitrogens with zero attached hydrogens (tertiary/aromatic N) is 1. The summed E-state index contributed by atoms with van der Waals surface area (Å²) in [6.07, 6.45) is 2.84. The van der Waals surface area contributed by atoms with Gasteiger partial charge in [-0.05, 0) is 36.8 Å². The van der Waals surface area contributed by atoms with E-state index >= 15 is 0 Å². The minimum Gasteiger partial charge on any atom is -0.504 e. The minimum atomic E-state index is -0.868. The Morgan fingerprint density at radius 1 is 1.37 bits per heavy atom. The molecule has 2 heterocycles. The van der Waals surface area contributed by atoms with Crippen LogP contribution in [0.4, 0.5) is 0 Å². The Balaban J connectivity index is 2.12. The van der Waals surface area contributed by atoms with E-state index in [-0.39, 0.29) is 29.4 Å². The zero-order valence-corrected chi connectivity index (χ0v) is 14.7. The van der Waals surface area contributed by atoms with Gasteiger partial charge < -0.3 is 24.3 Å². The van der Waals surface area contributed by atoms with E-state index in [1.807, 2.05) is 0 Å². The molecule has 7 heteroatoms. The van der Waals surface area contributed by atoms with Gasteiger partial charge >= 0.3 is 0 Å². The first-order valence-electron chi connectivity index (χ1n) is 8.38. The molecule has 3 rings (SSSR count). The lowest BCUT2D eigenvalue weighted by Crippen LogP contribution is -2.31. The summed E-state index contributed by atoms with van der Waals surface area (Å²) in [5.41, 5.74) is 0.412. The maximum Gasteiger partial charge on any atom is 0.290 e. The highest BCUT2D eigenvalue weighted by Crippen LogP contribution is 2.41. The lowest BCUT2D eigenvalue weighted by molar-refractivity contribution is -0.128. The number of ketones is 1. The molecule has 1 aromatic carbocycles. The van der Waals surface area contributed by atoms with Gasteiger partial charge in [-0.25, -0.2) is 0 Å². The molecule has 0 radical (unpaired) electrons. The second-order valence-corrected chi connectivity index (χ2v) is 5.88. The second kappa shape index (κ2) is 7.41. The summed E-state index contributed by atoms with van der Waals surface area (Å²) in [6.45, 7) is 5.85. The highest BCUT2D eigenvalue weighted by Gasteiger charge is 2.44. The van der Waals surface area contributed by atoms with Crippen LogP contribution in [0.25, 0.3) is 0 Å². The van der Waals surface area contributed by atoms with Crippen LogP contribution in [0.15, 0.2) is 65.0 Å². The van der Waals surface area contributed by atoms with Gasteiger partial charge in [0.05, 0.1) is 24.5 Å². The van der Waals surface area contributed by atoms with Crippen LogP contribution in [0, 0.1) is 0 Å². The van der Waals surface area contributed by atoms with Crippen LogP contribution in [0.1, 0.15) is 29.1 Å². The predicted molar refractivity (Wildman–Crippen MR) is 96.6 cm³/mol. The molecule has 2 N–H and O–H groups in total. The number of aliphatic hydroxyl groups excluding tert-OH is 1. The van der Waals surface area contributed by atoms with Crippen LogP contribution in [0.2, 0.25) is 0 Å². The van der Waals surface area contributed by atoms with Crippen LogP contribution in [0.5, 0.6) is 11.5 Å². The summed E-state index contributed by atoms with van der Waals surface area (Å²) >= 11 is 0. The summed E-state index contributed by atoms with van der Waals surface area (Å²) < 4.78 is 10.5.